The Balaban J connectivity index is 1.69. The second-order valence-electron chi connectivity index (χ2n) is 11.8. The number of hydrogen-bond acceptors (Lipinski definition) is 6. The first kappa shape index (κ1) is 30.7. The van der Waals surface area contributed by atoms with Gasteiger partial charge in [0.05, 0.1) is 11.9 Å². The highest BCUT2D eigenvalue weighted by molar-refractivity contribution is 8.00. The van der Waals surface area contributed by atoms with Gasteiger partial charge in [-0.15, -0.1) is 11.8 Å². The van der Waals surface area contributed by atoms with Gasteiger partial charge in [0.1, 0.15) is 17.7 Å². The maximum atomic E-state index is 14.1. The molecule has 0 saturated carbocycles. The minimum atomic E-state index is -0.795. The standard InChI is InChI=1S/C33H42N2O5S/c1-32(2,3)40-31(38)34-27-16-12-7-5-6-8-13-21-41-33(22-28(30(37)39-4)35(23-33)29(27)36)26-19-17-25(18-20-26)24-14-10-9-11-15-24/h8-11,13-15,17-20,27-28H,5-7,12,16,21-23H2,1-4H3,(H,34,38)/b13-8+/t27-,28-,33-/m0/s1. The van der Waals surface area contributed by atoms with E-state index in [0.717, 1.165) is 48.1 Å². The van der Waals surface area contributed by atoms with E-state index in [4.69, 9.17) is 9.47 Å². The molecule has 2 aromatic rings. The van der Waals surface area contributed by atoms with Gasteiger partial charge in [-0.2, -0.15) is 0 Å². The normalized spacial score (nSPS) is 24.7. The maximum Gasteiger partial charge on any atom is 0.408 e. The molecule has 2 aliphatic rings. The molecule has 2 heterocycles. The number of benzene rings is 2. The lowest BCUT2D eigenvalue weighted by molar-refractivity contribution is -0.151. The molecule has 0 aliphatic carbocycles. The molecule has 0 radical (unpaired) electrons. The zero-order valence-corrected chi connectivity index (χ0v) is 25.4. The number of alkyl carbamates (subject to hydrolysis) is 1. The average Bonchev–Trinajstić information content (AvgIpc) is 3.35. The fourth-order valence-electron chi connectivity index (χ4n) is 5.53. The Morgan fingerprint density at radius 1 is 0.976 bits per heavy atom. The summed E-state index contributed by atoms with van der Waals surface area (Å²) in [6.07, 6.45) is 8.37. The monoisotopic (exact) mass is 578 g/mol. The van der Waals surface area contributed by atoms with Gasteiger partial charge in [-0.05, 0) is 63.1 Å². The highest BCUT2D eigenvalue weighted by Crippen LogP contribution is 2.48. The number of hydrogen-bond donors (Lipinski definition) is 1. The SMILES string of the molecule is COC(=O)[C@@H]1C[C@@]2(c3ccc(-c4ccccc4)cc3)CN1C(=O)[C@@H](NC(=O)OC(C)(C)C)CCCCC/C=C/CS2. The lowest BCUT2D eigenvalue weighted by Crippen LogP contribution is -2.52. The topological polar surface area (TPSA) is 84.9 Å². The fourth-order valence-corrected chi connectivity index (χ4v) is 6.89. The van der Waals surface area contributed by atoms with Gasteiger partial charge in [0.15, 0.2) is 0 Å². The van der Waals surface area contributed by atoms with E-state index in [9.17, 15) is 14.4 Å². The zero-order chi connectivity index (χ0) is 29.5. The summed E-state index contributed by atoms with van der Waals surface area (Å²) in [6.45, 7) is 5.70. The molecule has 2 aliphatic heterocycles. The quantitative estimate of drug-likeness (QED) is 0.331. The van der Waals surface area contributed by atoms with Crippen molar-refractivity contribution >= 4 is 29.7 Å². The second-order valence-corrected chi connectivity index (χ2v) is 13.2. The number of nitrogens with zero attached hydrogens (tertiary/aromatic N) is 1. The summed E-state index contributed by atoms with van der Waals surface area (Å²) in [4.78, 5) is 41.6. The van der Waals surface area contributed by atoms with Crippen LogP contribution in [0.1, 0.15) is 64.9 Å². The summed E-state index contributed by atoms with van der Waals surface area (Å²) in [5.74, 6) is 0.0375. The van der Waals surface area contributed by atoms with Crippen LogP contribution in [-0.2, 0) is 23.8 Å². The predicted octanol–water partition coefficient (Wildman–Crippen LogP) is 6.47. The lowest BCUT2D eigenvalue weighted by Gasteiger charge is -2.31. The second kappa shape index (κ2) is 13.6. The Hall–Kier alpha value is -3.26. The minimum absolute atomic E-state index is 0.276. The van der Waals surface area contributed by atoms with E-state index in [-0.39, 0.29) is 5.91 Å². The molecule has 1 N–H and O–H groups in total. The lowest BCUT2D eigenvalue weighted by atomic mass is 9.93. The van der Waals surface area contributed by atoms with Crippen LogP contribution in [0.3, 0.4) is 0 Å². The van der Waals surface area contributed by atoms with E-state index in [1.54, 1.807) is 37.4 Å². The van der Waals surface area contributed by atoms with Crippen molar-refractivity contribution in [3.63, 3.8) is 0 Å². The number of nitrogens with one attached hydrogen (secondary N) is 1. The Labute approximate surface area is 248 Å². The van der Waals surface area contributed by atoms with Crippen molar-refractivity contribution in [2.75, 3.05) is 19.4 Å². The highest BCUT2D eigenvalue weighted by atomic mass is 32.2. The first-order chi connectivity index (χ1) is 19.6. The van der Waals surface area contributed by atoms with Crippen molar-refractivity contribution in [1.29, 1.82) is 0 Å². The van der Waals surface area contributed by atoms with E-state index in [1.165, 1.54) is 7.11 Å². The molecule has 2 amide bonds. The van der Waals surface area contributed by atoms with Gasteiger partial charge in [0.2, 0.25) is 5.91 Å². The van der Waals surface area contributed by atoms with Crippen LogP contribution in [0.25, 0.3) is 11.1 Å². The third-order valence-electron chi connectivity index (χ3n) is 7.57. The third kappa shape index (κ3) is 7.94. The van der Waals surface area contributed by atoms with Crippen LogP contribution < -0.4 is 5.32 Å². The molecule has 1 saturated heterocycles. The van der Waals surface area contributed by atoms with E-state index < -0.39 is 34.5 Å². The number of carbonyl (C=O) groups excluding carboxylic acids is 3. The number of rotatable bonds is 4. The summed E-state index contributed by atoms with van der Waals surface area (Å²) < 4.78 is 10.2. The van der Waals surface area contributed by atoms with Crippen molar-refractivity contribution < 1.29 is 23.9 Å². The maximum absolute atomic E-state index is 14.1. The molecule has 1 fully saturated rings. The van der Waals surface area contributed by atoms with Crippen LogP contribution in [0.4, 0.5) is 4.79 Å². The molecule has 2 aromatic carbocycles. The van der Waals surface area contributed by atoms with Crippen LogP contribution in [0.15, 0.2) is 66.7 Å². The van der Waals surface area contributed by atoms with E-state index in [0.29, 0.717) is 19.4 Å². The van der Waals surface area contributed by atoms with Gasteiger partial charge in [-0.1, -0.05) is 79.6 Å². The van der Waals surface area contributed by atoms with Gasteiger partial charge in [0, 0.05) is 12.3 Å². The zero-order valence-electron chi connectivity index (χ0n) is 24.6. The number of carbonyl (C=O) groups is 3. The summed E-state index contributed by atoms with van der Waals surface area (Å²) in [5, 5.41) is 2.82. The third-order valence-corrected chi connectivity index (χ3v) is 9.02. The molecular weight excluding hydrogens is 536 g/mol. The van der Waals surface area contributed by atoms with Crippen LogP contribution in [0.5, 0.6) is 0 Å². The molecule has 0 aromatic heterocycles. The number of amides is 2. The minimum Gasteiger partial charge on any atom is -0.467 e. The highest BCUT2D eigenvalue weighted by Gasteiger charge is 2.51. The molecule has 0 unspecified atom stereocenters. The number of ether oxygens (including phenoxy) is 2. The molecule has 4 rings (SSSR count). The number of thioether (sulfide) groups is 1. The van der Waals surface area contributed by atoms with E-state index >= 15 is 0 Å². The molecule has 2 bridgehead atoms. The van der Waals surface area contributed by atoms with Crippen molar-refractivity contribution in [3.8, 4) is 11.1 Å². The molecule has 7 nitrogen and oxygen atoms in total. The van der Waals surface area contributed by atoms with E-state index in [1.807, 2.05) is 18.2 Å². The van der Waals surface area contributed by atoms with Gasteiger partial charge in [-0.3, -0.25) is 4.79 Å². The van der Waals surface area contributed by atoms with E-state index in [2.05, 4.69) is 53.9 Å². The Morgan fingerprint density at radius 3 is 2.37 bits per heavy atom. The van der Waals surface area contributed by atoms with Gasteiger partial charge >= 0.3 is 12.1 Å². The average molecular weight is 579 g/mol. The number of fused-ring (bicyclic) bond motifs is 2. The molecular formula is C33H42N2O5S. The number of allylic oxidation sites excluding steroid dienone is 1. The molecule has 220 valence electrons. The van der Waals surface area contributed by atoms with Crippen LogP contribution in [0, 0.1) is 0 Å². The molecule has 41 heavy (non-hydrogen) atoms. The summed E-state index contributed by atoms with van der Waals surface area (Å²) in [7, 11) is 1.36. The first-order valence-corrected chi connectivity index (χ1v) is 15.4. The molecule has 0 spiro atoms. The van der Waals surface area contributed by atoms with Crippen molar-refractivity contribution in [1.82, 2.24) is 10.2 Å². The Bertz CT molecular complexity index is 1220. The smallest absolute Gasteiger partial charge is 0.408 e. The largest absolute Gasteiger partial charge is 0.467 e. The van der Waals surface area contributed by atoms with Crippen LogP contribution in [0.2, 0.25) is 0 Å². The van der Waals surface area contributed by atoms with Crippen LogP contribution in [-0.4, -0.2) is 60.0 Å². The fraction of sp³-hybridized carbons (Fsp3) is 0.485. The number of esters is 1. The predicted molar refractivity (Wildman–Crippen MR) is 164 cm³/mol. The molecule has 3 atom stereocenters. The summed E-state index contributed by atoms with van der Waals surface area (Å²) >= 11 is 1.75. The summed E-state index contributed by atoms with van der Waals surface area (Å²) in [6, 6.07) is 17.1. The van der Waals surface area contributed by atoms with Gasteiger partial charge < -0.3 is 19.7 Å². The van der Waals surface area contributed by atoms with Crippen molar-refractivity contribution in [3.05, 3.63) is 72.3 Å². The van der Waals surface area contributed by atoms with Crippen molar-refractivity contribution in [2.24, 2.45) is 0 Å². The first-order valence-electron chi connectivity index (χ1n) is 14.4. The van der Waals surface area contributed by atoms with Crippen LogP contribution >= 0.6 is 11.8 Å². The number of methoxy groups -OCH3 is 1. The Morgan fingerprint density at radius 2 is 1.68 bits per heavy atom. The Kier molecular flexibility index (Phi) is 10.2. The molecule has 8 heteroatoms. The van der Waals surface area contributed by atoms with Gasteiger partial charge in [-0.25, -0.2) is 9.59 Å². The van der Waals surface area contributed by atoms with Gasteiger partial charge in [0.25, 0.3) is 0 Å². The van der Waals surface area contributed by atoms with Crippen molar-refractivity contribution in [2.45, 2.75) is 81.7 Å². The summed E-state index contributed by atoms with van der Waals surface area (Å²) in [5.41, 5.74) is 2.60.